The Balaban J connectivity index is 2.99. The molecule has 0 saturated heterocycles. The molecule has 0 saturated carbocycles. The minimum absolute atomic E-state index is 0.168. The van der Waals surface area contributed by atoms with Crippen LogP contribution in [0.5, 0.6) is 0 Å². The zero-order valence-electron chi connectivity index (χ0n) is 11.0. The number of hydrogen-bond acceptors (Lipinski definition) is 2. The van der Waals surface area contributed by atoms with Gasteiger partial charge in [-0.05, 0) is 38.9 Å². The maximum absolute atomic E-state index is 12.1. The monoisotopic (exact) mass is 288 g/mol. The lowest BCUT2D eigenvalue weighted by atomic mass is 10.0. The summed E-state index contributed by atoms with van der Waals surface area (Å²) in [6.07, 6.45) is 0. The van der Waals surface area contributed by atoms with Crippen LogP contribution in [0, 0.1) is 6.92 Å². The van der Waals surface area contributed by atoms with Crippen LogP contribution in [0.25, 0.3) is 0 Å². The molecule has 5 heteroatoms. The van der Waals surface area contributed by atoms with Gasteiger partial charge >= 0.3 is 0 Å². The van der Waals surface area contributed by atoms with Gasteiger partial charge in [-0.3, -0.25) is 4.79 Å². The molecule has 0 bridgehead atoms. The maximum atomic E-state index is 12.1. The average molecular weight is 289 g/mol. The van der Waals surface area contributed by atoms with Crippen LogP contribution in [0.4, 0.5) is 5.69 Å². The number of likely N-dealkylation sites (N-methyl/N-ethyl adjacent to an activating group) is 1. The molecule has 1 amide bonds. The molecule has 18 heavy (non-hydrogen) atoms. The van der Waals surface area contributed by atoms with E-state index in [1.165, 1.54) is 0 Å². The van der Waals surface area contributed by atoms with Gasteiger partial charge in [-0.1, -0.05) is 36.2 Å². The number of hydrogen-bond donors (Lipinski definition) is 2. The third kappa shape index (κ3) is 3.37. The predicted octanol–water partition coefficient (Wildman–Crippen LogP) is 3.63. The SMILES string of the molecule is CCNC(C)(C)C(=O)Nc1c(Cl)ccc(C)c1Cl. The van der Waals surface area contributed by atoms with E-state index >= 15 is 0 Å². The fourth-order valence-electron chi connectivity index (χ4n) is 1.56. The van der Waals surface area contributed by atoms with Gasteiger partial charge in [0.15, 0.2) is 0 Å². The average Bonchev–Trinajstić information content (AvgIpc) is 2.29. The number of carbonyl (C=O) groups is 1. The molecule has 0 aliphatic carbocycles. The molecule has 1 aromatic rings. The van der Waals surface area contributed by atoms with E-state index in [9.17, 15) is 4.79 Å². The summed E-state index contributed by atoms with van der Waals surface area (Å²) in [5.41, 5.74) is 0.664. The van der Waals surface area contributed by atoms with Crippen molar-refractivity contribution in [3.63, 3.8) is 0 Å². The van der Waals surface area contributed by atoms with Crippen molar-refractivity contribution in [1.82, 2.24) is 5.32 Å². The highest BCUT2D eigenvalue weighted by molar-refractivity contribution is 6.40. The molecule has 2 N–H and O–H groups in total. The van der Waals surface area contributed by atoms with E-state index < -0.39 is 5.54 Å². The highest BCUT2D eigenvalue weighted by atomic mass is 35.5. The quantitative estimate of drug-likeness (QED) is 0.888. The summed E-state index contributed by atoms with van der Waals surface area (Å²) in [7, 11) is 0. The van der Waals surface area contributed by atoms with Crippen LogP contribution < -0.4 is 10.6 Å². The Bertz CT molecular complexity index is 459. The zero-order chi connectivity index (χ0) is 13.9. The van der Waals surface area contributed by atoms with Gasteiger partial charge in [-0.15, -0.1) is 0 Å². The van der Waals surface area contributed by atoms with E-state index in [2.05, 4.69) is 10.6 Å². The van der Waals surface area contributed by atoms with E-state index in [0.29, 0.717) is 22.3 Å². The van der Waals surface area contributed by atoms with Crippen molar-refractivity contribution in [3.05, 3.63) is 27.7 Å². The summed E-state index contributed by atoms with van der Waals surface area (Å²) in [5.74, 6) is -0.168. The van der Waals surface area contributed by atoms with Crippen LogP contribution in [0.15, 0.2) is 12.1 Å². The summed E-state index contributed by atoms with van der Waals surface area (Å²) in [5, 5.41) is 6.79. The first-order valence-electron chi connectivity index (χ1n) is 5.80. The first-order chi connectivity index (χ1) is 8.29. The predicted molar refractivity (Wildman–Crippen MR) is 77.6 cm³/mol. The number of aryl methyl sites for hydroxylation is 1. The molecule has 0 aromatic heterocycles. The molecule has 0 spiro atoms. The van der Waals surface area contributed by atoms with Gasteiger partial charge in [-0.2, -0.15) is 0 Å². The number of nitrogens with one attached hydrogen (secondary N) is 2. The van der Waals surface area contributed by atoms with Gasteiger partial charge in [0.05, 0.1) is 21.3 Å². The molecule has 1 rings (SSSR count). The number of amides is 1. The highest BCUT2D eigenvalue weighted by Crippen LogP contribution is 2.33. The third-order valence-corrected chi connectivity index (χ3v) is 3.51. The molecule has 100 valence electrons. The fraction of sp³-hybridized carbons (Fsp3) is 0.462. The van der Waals surface area contributed by atoms with Crippen LogP contribution in [0.1, 0.15) is 26.3 Å². The summed E-state index contributed by atoms with van der Waals surface area (Å²) >= 11 is 12.2. The Morgan fingerprint density at radius 1 is 1.33 bits per heavy atom. The highest BCUT2D eigenvalue weighted by Gasteiger charge is 2.27. The minimum atomic E-state index is -0.675. The van der Waals surface area contributed by atoms with Crippen LogP contribution in [0.3, 0.4) is 0 Å². The van der Waals surface area contributed by atoms with Gasteiger partial charge in [0.25, 0.3) is 0 Å². The lowest BCUT2D eigenvalue weighted by Crippen LogP contribution is -2.49. The second-order valence-corrected chi connectivity index (χ2v) is 5.45. The molecular weight excluding hydrogens is 271 g/mol. The molecule has 0 fully saturated rings. The second kappa shape index (κ2) is 5.91. The number of halogens is 2. The summed E-state index contributed by atoms with van der Waals surface area (Å²) in [6.45, 7) is 8.13. The van der Waals surface area contributed by atoms with Crippen LogP contribution in [-0.4, -0.2) is 18.0 Å². The van der Waals surface area contributed by atoms with Gasteiger partial charge in [-0.25, -0.2) is 0 Å². The molecule has 0 atom stereocenters. The van der Waals surface area contributed by atoms with Crippen LogP contribution >= 0.6 is 23.2 Å². The van der Waals surface area contributed by atoms with Crippen molar-refractivity contribution in [1.29, 1.82) is 0 Å². The van der Waals surface area contributed by atoms with Gasteiger partial charge in [0.1, 0.15) is 0 Å². The summed E-state index contributed by atoms with van der Waals surface area (Å²) < 4.78 is 0. The van der Waals surface area contributed by atoms with Gasteiger partial charge in [0.2, 0.25) is 5.91 Å². The first-order valence-corrected chi connectivity index (χ1v) is 6.56. The van der Waals surface area contributed by atoms with E-state index in [0.717, 1.165) is 5.56 Å². The Morgan fingerprint density at radius 2 is 1.94 bits per heavy atom. The lowest BCUT2D eigenvalue weighted by molar-refractivity contribution is -0.121. The van der Waals surface area contributed by atoms with E-state index in [1.54, 1.807) is 6.07 Å². The molecule has 0 heterocycles. The number of benzene rings is 1. The fourth-order valence-corrected chi connectivity index (χ4v) is 2.03. The molecule has 0 unspecified atom stereocenters. The molecular formula is C13H18Cl2N2O. The number of carbonyl (C=O) groups excluding carboxylic acids is 1. The van der Waals surface area contributed by atoms with Crippen LogP contribution in [0.2, 0.25) is 10.0 Å². The Hall–Kier alpha value is -0.770. The molecule has 0 radical (unpaired) electrons. The van der Waals surface area contributed by atoms with Crippen molar-refractivity contribution < 1.29 is 4.79 Å². The first kappa shape index (κ1) is 15.3. The van der Waals surface area contributed by atoms with Gasteiger partial charge < -0.3 is 10.6 Å². The molecule has 0 aliphatic rings. The minimum Gasteiger partial charge on any atom is -0.322 e. The topological polar surface area (TPSA) is 41.1 Å². The standard InChI is InChI=1S/C13H18Cl2N2O/c1-5-16-13(3,4)12(18)17-11-9(14)7-6-8(2)10(11)15/h6-7,16H,5H2,1-4H3,(H,17,18). The lowest BCUT2D eigenvalue weighted by Gasteiger charge is -2.25. The van der Waals surface area contributed by atoms with Crippen molar-refractivity contribution in [2.45, 2.75) is 33.2 Å². The van der Waals surface area contributed by atoms with Crippen molar-refractivity contribution in [2.75, 3.05) is 11.9 Å². The zero-order valence-corrected chi connectivity index (χ0v) is 12.5. The van der Waals surface area contributed by atoms with Crippen molar-refractivity contribution >= 4 is 34.8 Å². The van der Waals surface area contributed by atoms with Crippen molar-refractivity contribution in [3.8, 4) is 0 Å². The Labute approximate surface area is 118 Å². The van der Waals surface area contributed by atoms with E-state index in [1.807, 2.05) is 33.8 Å². The summed E-state index contributed by atoms with van der Waals surface area (Å²) in [6, 6.07) is 3.54. The summed E-state index contributed by atoms with van der Waals surface area (Å²) in [4.78, 5) is 12.1. The molecule has 3 nitrogen and oxygen atoms in total. The van der Waals surface area contributed by atoms with E-state index in [-0.39, 0.29) is 5.91 Å². The Kier molecular flexibility index (Phi) is 5.02. The van der Waals surface area contributed by atoms with E-state index in [4.69, 9.17) is 23.2 Å². The molecule has 0 aliphatic heterocycles. The third-order valence-electron chi connectivity index (χ3n) is 2.71. The van der Waals surface area contributed by atoms with Crippen molar-refractivity contribution in [2.24, 2.45) is 0 Å². The number of rotatable bonds is 4. The molecule has 1 aromatic carbocycles. The van der Waals surface area contributed by atoms with Gasteiger partial charge in [0, 0.05) is 0 Å². The Morgan fingerprint density at radius 3 is 2.50 bits per heavy atom. The smallest absolute Gasteiger partial charge is 0.244 e. The maximum Gasteiger partial charge on any atom is 0.244 e. The van der Waals surface area contributed by atoms with Crippen LogP contribution in [-0.2, 0) is 4.79 Å². The number of anilines is 1. The normalized spacial score (nSPS) is 11.4. The largest absolute Gasteiger partial charge is 0.322 e. The second-order valence-electron chi connectivity index (χ2n) is 4.66.